The van der Waals surface area contributed by atoms with Crippen LogP contribution in [0.4, 0.5) is 5.82 Å². The van der Waals surface area contributed by atoms with Gasteiger partial charge in [-0.1, -0.05) is 56.3 Å². The number of nitrogens with zero attached hydrogens (tertiary/aromatic N) is 5. The summed E-state index contributed by atoms with van der Waals surface area (Å²) in [5.41, 5.74) is 13.5. The number of nitrogens with two attached hydrogens (primary N) is 1. The van der Waals surface area contributed by atoms with Gasteiger partial charge < -0.3 is 11.1 Å². The second-order valence-corrected chi connectivity index (χ2v) is 10.7. The van der Waals surface area contributed by atoms with Crippen molar-refractivity contribution in [3.63, 3.8) is 0 Å². The molecule has 2 aliphatic rings. The Morgan fingerprint density at radius 1 is 0.900 bits per heavy atom. The van der Waals surface area contributed by atoms with Gasteiger partial charge in [-0.25, -0.2) is 15.0 Å². The Kier molecular flexibility index (Phi) is 7.32. The van der Waals surface area contributed by atoms with Crippen molar-refractivity contribution >= 4 is 17.0 Å². The molecule has 7 rings (SSSR count). The number of rotatable bonds is 5. The lowest BCUT2D eigenvalue weighted by molar-refractivity contribution is -0.0229. The zero-order valence-corrected chi connectivity index (χ0v) is 23.3. The van der Waals surface area contributed by atoms with Crippen molar-refractivity contribution in [3.8, 4) is 28.3 Å². The monoisotopic (exact) mass is 531 g/mol. The van der Waals surface area contributed by atoms with E-state index < -0.39 is 0 Å². The van der Waals surface area contributed by atoms with Crippen LogP contribution in [0.5, 0.6) is 0 Å². The number of likely N-dealkylation sites (tertiary alicyclic amines) is 1. The third-order valence-corrected chi connectivity index (χ3v) is 7.93. The molecule has 2 aromatic carbocycles. The van der Waals surface area contributed by atoms with E-state index in [1.807, 2.05) is 56.3 Å². The van der Waals surface area contributed by atoms with Gasteiger partial charge in [0.2, 0.25) is 0 Å². The molecule has 204 valence electrons. The molecule has 7 heteroatoms. The third kappa shape index (κ3) is 4.98. The van der Waals surface area contributed by atoms with Crippen LogP contribution in [0.2, 0.25) is 0 Å². The molecule has 3 N–H and O–H groups in total. The van der Waals surface area contributed by atoms with Crippen LogP contribution in [0.15, 0.2) is 85.1 Å². The highest BCUT2D eigenvalue weighted by atomic mass is 15.2. The minimum Gasteiger partial charge on any atom is -0.383 e. The van der Waals surface area contributed by atoms with Crippen LogP contribution in [-0.2, 0) is 6.54 Å². The van der Waals surface area contributed by atoms with E-state index in [0.717, 1.165) is 52.6 Å². The van der Waals surface area contributed by atoms with Gasteiger partial charge in [-0.05, 0) is 61.3 Å². The summed E-state index contributed by atoms with van der Waals surface area (Å²) in [5.74, 6) is 1.19. The van der Waals surface area contributed by atoms with E-state index >= 15 is 0 Å². The van der Waals surface area contributed by atoms with E-state index in [1.165, 1.54) is 38.0 Å². The summed E-state index contributed by atoms with van der Waals surface area (Å²) in [7, 11) is 0. The molecule has 0 radical (unpaired) electrons. The Morgan fingerprint density at radius 2 is 1.70 bits per heavy atom. The Morgan fingerprint density at radius 3 is 2.42 bits per heavy atom. The topological polar surface area (TPSA) is 84.9 Å². The van der Waals surface area contributed by atoms with E-state index in [9.17, 15) is 0 Å². The Balaban J connectivity index is 0.00000142. The van der Waals surface area contributed by atoms with E-state index in [4.69, 9.17) is 15.7 Å². The Hall–Kier alpha value is -4.07. The first-order valence-electron chi connectivity index (χ1n) is 14.4. The molecule has 2 fully saturated rings. The molecule has 2 aliphatic heterocycles. The van der Waals surface area contributed by atoms with Crippen molar-refractivity contribution in [2.45, 2.75) is 33.2 Å². The summed E-state index contributed by atoms with van der Waals surface area (Å²) < 4.78 is 2.10. The largest absolute Gasteiger partial charge is 0.383 e. The lowest BCUT2D eigenvalue weighted by Crippen LogP contribution is -2.61. The number of imidazole rings is 1. The average molecular weight is 532 g/mol. The summed E-state index contributed by atoms with van der Waals surface area (Å²) >= 11 is 0. The third-order valence-electron chi connectivity index (χ3n) is 7.93. The molecule has 0 atom stereocenters. The quantitative estimate of drug-likeness (QED) is 0.292. The van der Waals surface area contributed by atoms with Crippen LogP contribution in [0.1, 0.15) is 32.3 Å². The molecule has 0 bridgehead atoms. The number of piperidine rings is 1. The minimum absolute atomic E-state index is 0.452. The van der Waals surface area contributed by atoms with Gasteiger partial charge in [0.25, 0.3) is 0 Å². The molecule has 5 heterocycles. The number of nitrogens with one attached hydrogen (secondary N) is 1. The number of pyridine rings is 2. The minimum atomic E-state index is 0.452. The first-order valence-corrected chi connectivity index (χ1v) is 14.4. The predicted octanol–water partition coefficient (Wildman–Crippen LogP) is 5.94. The van der Waals surface area contributed by atoms with Gasteiger partial charge in [-0.2, -0.15) is 0 Å². The maximum atomic E-state index is 6.31. The molecule has 5 aromatic rings. The van der Waals surface area contributed by atoms with E-state index in [-0.39, 0.29) is 0 Å². The molecule has 0 saturated carbocycles. The van der Waals surface area contributed by atoms with Crippen LogP contribution in [0, 0.1) is 5.41 Å². The molecule has 40 heavy (non-hydrogen) atoms. The van der Waals surface area contributed by atoms with E-state index in [2.05, 4.69) is 56.2 Å². The average Bonchev–Trinajstić information content (AvgIpc) is 3.37. The molecule has 3 aromatic heterocycles. The van der Waals surface area contributed by atoms with E-state index in [0.29, 0.717) is 11.2 Å². The predicted molar refractivity (Wildman–Crippen MR) is 163 cm³/mol. The fraction of sp³-hybridized carbons (Fsp3) is 0.303. The normalized spacial score (nSPS) is 16.4. The lowest BCUT2D eigenvalue weighted by atomic mass is 9.74. The second kappa shape index (κ2) is 11.2. The van der Waals surface area contributed by atoms with Crippen molar-refractivity contribution < 1.29 is 0 Å². The van der Waals surface area contributed by atoms with Gasteiger partial charge in [0.15, 0.2) is 11.5 Å². The van der Waals surface area contributed by atoms with Crippen LogP contribution in [0.3, 0.4) is 0 Å². The fourth-order valence-electron chi connectivity index (χ4n) is 6.08. The Bertz CT molecular complexity index is 1580. The lowest BCUT2D eigenvalue weighted by Gasteiger charge is -2.52. The van der Waals surface area contributed by atoms with Crippen LogP contribution in [-0.4, -0.2) is 50.6 Å². The number of nitrogen functional groups attached to an aromatic ring is 1. The SMILES string of the molecule is CC.Nc1ncccc1-c1nc2ccc(-c3ccccc3)nc2n1-c1ccc(CN2CC3(CCCNC3)C2)cc1. The van der Waals surface area contributed by atoms with Crippen molar-refractivity contribution in [2.75, 3.05) is 31.9 Å². The van der Waals surface area contributed by atoms with Gasteiger partial charge in [-0.15, -0.1) is 0 Å². The molecular formula is C33H37N7. The molecule has 0 amide bonds. The first kappa shape index (κ1) is 26.2. The highest BCUT2D eigenvalue weighted by Crippen LogP contribution is 2.37. The summed E-state index contributed by atoms with van der Waals surface area (Å²) in [5, 5.41) is 3.58. The van der Waals surface area contributed by atoms with Gasteiger partial charge in [0.1, 0.15) is 11.3 Å². The fourth-order valence-corrected chi connectivity index (χ4v) is 6.08. The molecule has 0 aliphatic carbocycles. The number of benzene rings is 2. The van der Waals surface area contributed by atoms with Crippen LogP contribution < -0.4 is 11.1 Å². The van der Waals surface area contributed by atoms with Crippen molar-refractivity contribution in [3.05, 3.63) is 90.6 Å². The number of anilines is 1. The maximum Gasteiger partial charge on any atom is 0.165 e. The summed E-state index contributed by atoms with van der Waals surface area (Å²) in [6.07, 6.45) is 4.35. The number of aromatic nitrogens is 4. The van der Waals surface area contributed by atoms with Gasteiger partial charge in [-0.3, -0.25) is 9.47 Å². The van der Waals surface area contributed by atoms with Gasteiger partial charge in [0, 0.05) is 49.0 Å². The number of fused-ring (bicyclic) bond motifs is 1. The number of hydrogen-bond donors (Lipinski definition) is 2. The smallest absolute Gasteiger partial charge is 0.165 e. The summed E-state index contributed by atoms with van der Waals surface area (Å²) in [6, 6.07) is 26.9. The van der Waals surface area contributed by atoms with Gasteiger partial charge >= 0.3 is 0 Å². The second-order valence-electron chi connectivity index (χ2n) is 10.7. The number of hydrogen-bond acceptors (Lipinski definition) is 6. The Labute approximate surface area is 236 Å². The van der Waals surface area contributed by atoms with Crippen molar-refractivity contribution in [1.82, 2.24) is 29.7 Å². The van der Waals surface area contributed by atoms with Gasteiger partial charge in [0.05, 0.1) is 11.3 Å². The van der Waals surface area contributed by atoms with Crippen LogP contribution >= 0.6 is 0 Å². The molecular weight excluding hydrogens is 494 g/mol. The summed E-state index contributed by atoms with van der Waals surface area (Å²) in [6.45, 7) is 9.68. The molecule has 0 unspecified atom stereocenters. The van der Waals surface area contributed by atoms with E-state index in [1.54, 1.807) is 6.20 Å². The highest BCUT2D eigenvalue weighted by molar-refractivity contribution is 5.84. The maximum absolute atomic E-state index is 6.31. The van der Waals surface area contributed by atoms with Crippen molar-refractivity contribution in [2.24, 2.45) is 5.41 Å². The molecule has 7 nitrogen and oxygen atoms in total. The van der Waals surface area contributed by atoms with Crippen molar-refractivity contribution in [1.29, 1.82) is 0 Å². The van der Waals surface area contributed by atoms with Crippen LogP contribution in [0.25, 0.3) is 39.5 Å². The highest BCUT2D eigenvalue weighted by Gasteiger charge is 2.43. The zero-order chi connectivity index (χ0) is 27.5. The first-order chi connectivity index (χ1) is 19.7. The standard InChI is InChI=1S/C31H31N7.C2H6/c32-28-25(8-4-17-34-28)29-36-27-14-13-26(23-6-2-1-3-7-23)35-30(27)38(29)24-11-9-22(10-12-24)18-37-20-31(21-37)15-5-16-33-19-31;1-2/h1-4,6-14,17,33H,5,15-16,18-21H2,(H2,32,34);1-2H3. The summed E-state index contributed by atoms with van der Waals surface area (Å²) in [4.78, 5) is 16.9. The molecule has 2 saturated heterocycles. The molecule has 1 spiro atoms. The zero-order valence-electron chi connectivity index (χ0n) is 23.3.